The maximum atomic E-state index is 12.1. The van der Waals surface area contributed by atoms with Crippen molar-refractivity contribution in [1.82, 2.24) is 10.3 Å². The van der Waals surface area contributed by atoms with Crippen LogP contribution in [0.3, 0.4) is 0 Å². The van der Waals surface area contributed by atoms with Crippen LogP contribution in [-0.2, 0) is 11.3 Å². The zero-order valence-electron chi connectivity index (χ0n) is 15.1. The lowest BCUT2D eigenvalue weighted by Crippen LogP contribution is -2.28. The molecule has 132 valence electrons. The summed E-state index contributed by atoms with van der Waals surface area (Å²) in [6.07, 6.45) is 0. The summed E-state index contributed by atoms with van der Waals surface area (Å²) in [5, 5.41) is 13.0. The van der Waals surface area contributed by atoms with Gasteiger partial charge in [0.2, 0.25) is 0 Å². The number of hydrogen-bond donors (Lipinski definition) is 2. The Morgan fingerprint density at radius 2 is 2.04 bits per heavy atom. The summed E-state index contributed by atoms with van der Waals surface area (Å²) in [6.45, 7) is 6.54. The van der Waals surface area contributed by atoms with Crippen LogP contribution in [0.15, 0.2) is 36.4 Å². The van der Waals surface area contributed by atoms with Crippen LogP contribution >= 0.6 is 0 Å². The molecule has 5 nitrogen and oxygen atoms in total. The van der Waals surface area contributed by atoms with Crippen LogP contribution in [0.25, 0.3) is 10.9 Å². The van der Waals surface area contributed by atoms with E-state index in [0.29, 0.717) is 17.9 Å². The molecule has 26 heavy (non-hydrogen) atoms. The van der Waals surface area contributed by atoms with Crippen LogP contribution in [0.4, 0.5) is 0 Å². The van der Waals surface area contributed by atoms with Gasteiger partial charge < -0.3 is 15.0 Å². The maximum Gasteiger partial charge on any atom is 0.258 e. The highest BCUT2D eigenvalue weighted by Gasteiger charge is 2.11. The summed E-state index contributed by atoms with van der Waals surface area (Å²) in [5.74, 6) is 0.301. The van der Waals surface area contributed by atoms with Crippen molar-refractivity contribution in [2.45, 2.75) is 27.3 Å². The van der Waals surface area contributed by atoms with Gasteiger partial charge in [-0.05, 0) is 56.2 Å². The van der Waals surface area contributed by atoms with Crippen molar-refractivity contribution in [1.29, 1.82) is 5.26 Å². The highest BCUT2D eigenvalue weighted by Crippen LogP contribution is 2.26. The summed E-state index contributed by atoms with van der Waals surface area (Å²) in [4.78, 5) is 15.5. The monoisotopic (exact) mass is 347 g/mol. The van der Waals surface area contributed by atoms with Gasteiger partial charge in [-0.15, -0.1) is 0 Å². The predicted octanol–water partition coefficient (Wildman–Crippen LogP) is 3.66. The largest absolute Gasteiger partial charge is 0.484 e. The number of carbonyl (C=O) groups is 1. The first-order valence-electron chi connectivity index (χ1n) is 8.46. The highest BCUT2D eigenvalue weighted by atomic mass is 16.5. The van der Waals surface area contributed by atoms with E-state index in [2.05, 4.69) is 43.2 Å². The SMILES string of the molecule is Cc1cc(CNC(=O)COc2cccc(C#N)c2)c2[nH]c(C)c(C)c2c1. The number of hydrogen-bond acceptors (Lipinski definition) is 3. The molecule has 0 bridgehead atoms. The number of benzene rings is 2. The Kier molecular flexibility index (Phi) is 4.94. The summed E-state index contributed by atoms with van der Waals surface area (Å²) in [5.41, 5.74) is 6.15. The number of aryl methyl sites for hydroxylation is 3. The molecule has 3 aromatic rings. The second kappa shape index (κ2) is 7.32. The number of nitrogens with one attached hydrogen (secondary N) is 2. The van der Waals surface area contributed by atoms with Crippen molar-refractivity contribution in [3.63, 3.8) is 0 Å². The topological polar surface area (TPSA) is 77.9 Å². The Labute approximate surface area is 152 Å². The van der Waals surface area contributed by atoms with E-state index in [1.165, 1.54) is 10.9 Å². The van der Waals surface area contributed by atoms with Crippen LogP contribution in [0.1, 0.15) is 27.9 Å². The van der Waals surface area contributed by atoms with Crippen LogP contribution in [0.2, 0.25) is 0 Å². The fourth-order valence-corrected chi connectivity index (χ4v) is 2.98. The average Bonchev–Trinajstić information content (AvgIpc) is 2.93. The molecule has 2 N–H and O–H groups in total. The van der Waals surface area contributed by atoms with E-state index in [0.717, 1.165) is 22.3 Å². The Hall–Kier alpha value is -3.26. The van der Waals surface area contributed by atoms with Gasteiger partial charge in [-0.25, -0.2) is 0 Å². The van der Waals surface area contributed by atoms with Crippen LogP contribution in [0.5, 0.6) is 5.75 Å². The molecule has 2 aromatic carbocycles. The highest BCUT2D eigenvalue weighted by molar-refractivity contribution is 5.88. The smallest absolute Gasteiger partial charge is 0.258 e. The van der Waals surface area contributed by atoms with Crippen molar-refractivity contribution in [2.75, 3.05) is 6.61 Å². The first-order chi connectivity index (χ1) is 12.5. The standard InChI is InChI=1S/C21H21N3O2/c1-13-7-17(21-19(8-13)14(2)15(3)24-21)11-23-20(25)12-26-18-6-4-5-16(9-18)10-22/h4-9,24H,11-12H2,1-3H3,(H,23,25). The second-order valence-corrected chi connectivity index (χ2v) is 6.43. The lowest BCUT2D eigenvalue weighted by Gasteiger charge is -2.09. The van der Waals surface area contributed by atoms with Gasteiger partial charge >= 0.3 is 0 Å². The fraction of sp³-hybridized carbons (Fsp3) is 0.238. The number of H-pyrrole nitrogens is 1. The molecule has 0 aliphatic rings. The molecule has 0 aliphatic carbocycles. The number of aromatic amines is 1. The number of nitriles is 1. The number of carbonyl (C=O) groups excluding carboxylic acids is 1. The van der Waals surface area contributed by atoms with E-state index >= 15 is 0 Å². The van der Waals surface area contributed by atoms with E-state index < -0.39 is 0 Å². The molecular weight excluding hydrogens is 326 g/mol. The van der Waals surface area contributed by atoms with E-state index in [9.17, 15) is 4.79 Å². The molecule has 0 atom stereocenters. The lowest BCUT2D eigenvalue weighted by atomic mass is 10.0. The summed E-state index contributed by atoms with van der Waals surface area (Å²) in [6, 6.07) is 13.0. The first-order valence-corrected chi connectivity index (χ1v) is 8.46. The number of rotatable bonds is 5. The second-order valence-electron chi connectivity index (χ2n) is 6.43. The molecule has 1 heterocycles. The molecule has 0 saturated heterocycles. The van der Waals surface area contributed by atoms with Gasteiger partial charge in [0.15, 0.2) is 6.61 Å². The van der Waals surface area contributed by atoms with Crippen LogP contribution < -0.4 is 10.1 Å². The Morgan fingerprint density at radius 3 is 2.81 bits per heavy atom. The third-order valence-corrected chi connectivity index (χ3v) is 4.45. The number of fused-ring (bicyclic) bond motifs is 1. The molecule has 1 aromatic heterocycles. The number of aromatic nitrogens is 1. The molecule has 0 saturated carbocycles. The van der Waals surface area contributed by atoms with Crippen molar-refractivity contribution in [3.05, 3.63) is 64.3 Å². The fourth-order valence-electron chi connectivity index (χ4n) is 2.98. The molecule has 0 radical (unpaired) electrons. The molecule has 5 heteroatoms. The molecule has 0 aliphatic heterocycles. The minimum atomic E-state index is -0.206. The Bertz CT molecular complexity index is 1010. The van der Waals surface area contributed by atoms with Gasteiger partial charge in [0.05, 0.1) is 17.1 Å². The minimum Gasteiger partial charge on any atom is -0.484 e. The molecular formula is C21H21N3O2. The quantitative estimate of drug-likeness (QED) is 0.739. The first kappa shape index (κ1) is 17.6. The normalized spacial score (nSPS) is 10.5. The van der Waals surface area contributed by atoms with Gasteiger partial charge in [0.1, 0.15) is 5.75 Å². The van der Waals surface area contributed by atoms with E-state index in [1.54, 1.807) is 24.3 Å². The average molecular weight is 347 g/mol. The van der Waals surface area contributed by atoms with Gasteiger partial charge in [0, 0.05) is 17.6 Å². The summed E-state index contributed by atoms with van der Waals surface area (Å²) in [7, 11) is 0. The van der Waals surface area contributed by atoms with E-state index in [4.69, 9.17) is 10.00 Å². The minimum absolute atomic E-state index is 0.0907. The van der Waals surface area contributed by atoms with E-state index in [-0.39, 0.29) is 12.5 Å². The van der Waals surface area contributed by atoms with Gasteiger partial charge in [0.25, 0.3) is 5.91 Å². The van der Waals surface area contributed by atoms with Crippen molar-refractivity contribution in [3.8, 4) is 11.8 Å². The third kappa shape index (κ3) is 3.70. The number of amides is 1. The van der Waals surface area contributed by atoms with E-state index in [1.807, 2.05) is 6.07 Å². The molecule has 1 amide bonds. The van der Waals surface area contributed by atoms with Crippen molar-refractivity contribution >= 4 is 16.8 Å². The number of nitrogens with zero attached hydrogens (tertiary/aromatic N) is 1. The molecule has 3 rings (SSSR count). The molecule has 0 spiro atoms. The van der Waals surface area contributed by atoms with Crippen molar-refractivity contribution < 1.29 is 9.53 Å². The van der Waals surface area contributed by atoms with Crippen LogP contribution in [-0.4, -0.2) is 17.5 Å². The Morgan fingerprint density at radius 1 is 1.23 bits per heavy atom. The predicted molar refractivity (Wildman–Crippen MR) is 101 cm³/mol. The molecule has 0 unspecified atom stereocenters. The Balaban J connectivity index is 1.65. The molecule has 0 fully saturated rings. The van der Waals surface area contributed by atoms with Gasteiger partial charge in [-0.2, -0.15) is 5.26 Å². The van der Waals surface area contributed by atoms with Crippen LogP contribution in [0, 0.1) is 32.1 Å². The lowest BCUT2D eigenvalue weighted by molar-refractivity contribution is -0.123. The van der Waals surface area contributed by atoms with Gasteiger partial charge in [-0.1, -0.05) is 17.7 Å². The van der Waals surface area contributed by atoms with Gasteiger partial charge in [-0.3, -0.25) is 4.79 Å². The van der Waals surface area contributed by atoms with Crippen molar-refractivity contribution in [2.24, 2.45) is 0 Å². The summed E-state index contributed by atoms with van der Waals surface area (Å²) >= 11 is 0. The zero-order chi connectivity index (χ0) is 18.7. The zero-order valence-corrected chi connectivity index (χ0v) is 15.1. The third-order valence-electron chi connectivity index (χ3n) is 4.45. The summed E-state index contributed by atoms with van der Waals surface area (Å²) < 4.78 is 5.46. The maximum absolute atomic E-state index is 12.1. The number of ether oxygens (including phenoxy) is 1.